The van der Waals surface area contributed by atoms with Crippen LogP contribution in [-0.4, -0.2) is 29.5 Å². The smallest absolute Gasteiger partial charge is 0.0747 e. The van der Waals surface area contributed by atoms with Crippen molar-refractivity contribution < 1.29 is 4.74 Å². The molecule has 2 heterocycles. The van der Waals surface area contributed by atoms with Crippen molar-refractivity contribution in [3.05, 3.63) is 18.0 Å². The number of ether oxygens (including phenoxy) is 1. The van der Waals surface area contributed by atoms with Crippen molar-refractivity contribution in [2.24, 2.45) is 5.92 Å². The first-order valence-electron chi connectivity index (χ1n) is 6.18. The van der Waals surface area contributed by atoms with Gasteiger partial charge in [-0.3, -0.25) is 4.68 Å². The van der Waals surface area contributed by atoms with E-state index in [1.165, 1.54) is 24.9 Å². The van der Waals surface area contributed by atoms with Crippen LogP contribution >= 0.6 is 0 Å². The monoisotopic (exact) mass is 223 g/mol. The molecule has 4 nitrogen and oxygen atoms in total. The Bertz CT molecular complexity index is 305. The molecule has 90 valence electrons. The normalized spacial score (nSPS) is 21.2. The Balaban J connectivity index is 1.66. The van der Waals surface area contributed by atoms with Gasteiger partial charge in [0.15, 0.2) is 0 Å². The fourth-order valence-electron chi connectivity index (χ4n) is 2.06. The fourth-order valence-corrected chi connectivity index (χ4v) is 2.06. The molecule has 0 saturated carbocycles. The Morgan fingerprint density at radius 3 is 3.25 bits per heavy atom. The Hall–Kier alpha value is -0.870. The Kier molecular flexibility index (Phi) is 4.36. The fraction of sp³-hybridized carbons (Fsp3) is 0.750. The van der Waals surface area contributed by atoms with Gasteiger partial charge in [0, 0.05) is 24.8 Å². The maximum absolute atomic E-state index is 5.72. The van der Waals surface area contributed by atoms with E-state index in [1.807, 2.05) is 10.9 Å². The summed E-state index contributed by atoms with van der Waals surface area (Å²) in [4.78, 5) is 0. The van der Waals surface area contributed by atoms with Crippen LogP contribution in [0.1, 0.15) is 25.3 Å². The number of hydrogen-bond donors (Lipinski definition) is 1. The Morgan fingerprint density at radius 2 is 2.56 bits per heavy atom. The van der Waals surface area contributed by atoms with Crippen LogP contribution < -0.4 is 5.32 Å². The predicted molar refractivity (Wildman–Crippen MR) is 63.2 cm³/mol. The van der Waals surface area contributed by atoms with Crippen LogP contribution in [0.5, 0.6) is 0 Å². The molecule has 1 saturated heterocycles. The Morgan fingerprint density at radius 1 is 1.62 bits per heavy atom. The summed E-state index contributed by atoms with van der Waals surface area (Å²) in [6, 6.07) is 0. The molecule has 0 bridgehead atoms. The van der Waals surface area contributed by atoms with Gasteiger partial charge >= 0.3 is 0 Å². The number of rotatable bonds is 5. The molecule has 1 aliphatic rings. The summed E-state index contributed by atoms with van der Waals surface area (Å²) >= 11 is 0. The van der Waals surface area contributed by atoms with Gasteiger partial charge in [-0.05, 0) is 32.2 Å². The highest BCUT2D eigenvalue weighted by Crippen LogP contribution is 2.11. The highest BCUT2D eigenvalue weighted by atomic mass is 16.5. The first-order valence-corrected chi connectivity index (χ1v) is 6.18. The molecule has 1 fully saturated rings. The van der Waals surface area contributed by atoms with Crippen LogP contribution in [0.4, 0.5) is 0 Å². The molecular formula is C12H21N3O. The second-order valence-corrected chi connectivity index (χ2v) is 4.43. The lowest BCUT2D eigenvalue weighted by molar-refractivity contribution is 0.0782. The second kappa shape index (κ2) is 6.01. The van der Waals surface area contributed by atoms with Crippen molar-refractivity contribution in [2.75, 3.05) is 19.7 Å². The van der Waals surface area contributed by atoms with Gasteiger partial charge in [0.1, 0.15) is 0 Å². The molecule has 0 aromatic carbocycles. The van der Waals surface area contributed by atoms with E-state index < -0.39 is 0 Å². The predicted octanol–water partition coefficient (Wildman–Crippen LogP) is 1.42. The second-order valence-electron chi connectivity index (χ2n) is 4.43. The molecule has 1 aromatic rings. The summed E-state index contributed by atoms with van der Waals surface area (Å²) in [7, 11) is 0. The van der Waals surface area contributed by atoms with E-state index in [2.05, 4.69) is 23.5 Å². The SMILES string of the molecule is CCn1cc(COCC2CCCNC2)cn1. The van der Waals surface area contributed by atoms with Crippen molar-refractivity contribution >= 4 is 0 Å². The molecular weight excluding hydrogens is 202 g/mol. The zero-order valence-corrected chi connectivity index (χ0v) is 9.98. The summed E-state index contributed by atoms with van der Waals surface area (Å²) in [5.41, 5.74) is 1.17. The highest BCUT2D eigenvalue weighted by molar-refractivity contribution is 5.01. The molecule has 16 heavy (non-hydrogen) atoms. The topological polar surface area (TPSA) is 39.1 Å². The minimum Gasteiger partial charge on any atom is -0.376 e. The molecule has 0 amide bonds. The standard InChI is InChI=1S/C12H21N3O/c1-2-15-8-12(7-14-15)10-16-9-11-4-3-5-13-6-11/h7-8,11,13H,2-6,9-10H2,1H3. The lowest BCUT2D eigenvalue weighted by atomic mass is 10.0. The molecule has 0 radical (unpaired) electrons. The average Bonchev–Trinajstić information content (AvgIpc) is 2.78. The quantitative estimate of drug-likeness (QED) is 0.820. The molecule has 1 atom stereocenters. The summed E-state index contributed by atoms with van der Waals surface area (Å²) in [6.07, 6.45) is 6.52. The van der Waals surface area contributed by atoms with Crippen LogP contribution in [0.3, 0.4) is 0 Å². The third kappa shape index (κ3) is 3.32. The van der Waals surface area contributed by atoms with E-state index in [1.54, 1.807) is 0 Å². The van der Waals surface area contributed by atoms with E-state index in [9.17, 15) is 0 Å². The number of nitrogens with one attached hydrogen (secondary N) is 1. The van der Waals surface area contributed by atoms with E-state index in [-0.39, 0.29) is 0 Å². The number of hydrogen-bond acceptors (Lipinski definition) is 3. The van der Waals surface area contributed by atoms with Gasteiger partial charge in [0.25, 0.3) is 0 Å². The third-order valence-corrected chi connectivity index (χ3v) is 3.03. The lowest BCUT2D eigenvalue weighted by Crippen LogP contribution is -2.32. The van der Waals surface area contributed by atoms with E-state index in [0.717, 1.165) is 19.7 Å². The van der Waals surface area contributed by atoms with Crippen LogP contribution in [0.2, 0.25) is 0 Å². The summed E-state index contributed by atoms with van der Waals surface area (Å²) in [5.74, 6) is 0.690. The van der Waals surface area contributed by atoms with E-state index in [0.29, 0.717) is 12.5 Å². The molecule has 1 unspecified atom stereocenters. The van der Waals surface area contributed by atoms with Gasteiger partial charge in [-0.2, -0.15) is 5.10 Å². The number of aryl methyl sites for hydroxylation is 1. The van der Waals surface area contributed by atoms with Crippen molar-refractivity contribution in [1.82, 2.24) is 15.1 Å². The van der Waals surface area contributed by atoms with Gasteiger partial charge in [0.2, 0.25) is 0 Å². The zero-order chi connectivity index (χ0) is 11.2. The van der Waals surface area contributed by atoms with Crippen molar-refractivity contribution in [3.63, 3.8) is 0 Å². The molecule has 4 heteroatoms. The van der Waals surface area contributed by atoms with Gasteiger partial charge in [-0.1, -0.05) is 0 Å². The maximum atomic E-state index is 5.72. The summed E-state index contributed by atoms with van der Waals surface area (Å²) in [5, 5.41) is 7.62. The molecule has 1 aliphatic heterocycles. The minimum atomic E-state index is 0.690. The van der Waals surface area contributed by atoms with Crippen LogP contribution in [0.15, 0.2) is 12.4 Å². The largest absolute Gasteiger partial charge is 0.376 e. The van der Waals surface area contributed by atoms with Gasteiger partial charge in [-0.15, -0.1) is 0 Å². The summed E-state index contributed by atoms with van der Waals surface area (Å²) < 4.78 is 7.66. The van der Waals surface area contributed by atoms with E-state index in [4.69, 9.17) is 4.74 Å². The maximum Gasteiger partial charge on any atom is 0.0747 e. The lowest BCUT2D eigenvalue weighted by Gasteiger charge is -2.22. The van der Waals surface area contributed by atoms with E-state index >= 15 is 0 Å². The molecule has 2 rings (SSSR count). The molecule has 0 aliphatic carbocycles. The highest BCUT2D eigenvalue weighted by Gasteiger charge is 2.12. The van der Waals surface area contributed by atoms with Crippen LogP contribution in [0.25, 0.3) is 0 Å². The number of nitrogens with zero attached hydrogens (tertiary/aromatic N) is 2. The third-order valence-electron chi connectivity index (χ3n) is 3.03. The van der Waals surface area contributed by atoms with Gasteiger partial charge in [0.05, 0.1) is 19.4 Å². The van der Waals surface area contributed by atoms with Gasteiger partial charge < -0.3 is 10.1 Å². The minimum absolute atomic E-state index is 0.690. The average molecular weight is 223 g/mol. The Labute approximate surface area is 97.0 Å². The zero-order valence-electron chi connectivity index (χ0n) is 9.98. The molecule has 0 spiro atoms. The van der Waals surface area contributed by atoms with Crippen molar-refractivity contribution in [1.29, 1.82) is 0 Å². The van der Waals surface area contributed by atoms with Crippen molar-refractivity contribution in [3.8, 4) is 0 Å². The number of aromatic nitrogens is 2. The number of piperidine rings is 1. The first-order chi connectivity index (χ1) is 7.88. The molecule has 1 aromatic heterocycles. The van der Waals surface area contributed by atoms with Crippen LogP contribution in [-0.2, 0) is 17.9 Å². The molecule has 1 N–H and O–H groups in total. The van der Waals surface area contributed by atoms with Crippen LogP contribution in [0, 0.1) is 5.92 Å². The van der Waals surface area contributed by atoms with Gasteiger partial charge in [-0.25, -0.2) is 0 Å². The van der Waals surface area contributed by atoms with Crippen molar-refractivity contribution in [2.45, 2.75) is 32.9 Å². The summed E-state index contributed by atoms with van der Waals surface area (Å²) in [6.45, 7) is 6.84. The first kappa shape index (κ1) is 11.6.